The van der Waals surface area contributed by atoms with E-state index in [9.17, 15) is 4.79 Å². The number of H-pyrrole nitrogens is 1. The van der Waals surface area contributed by atoms with Crippen molar-refractivity contribution in [1.29, 1.82) is 0 Å². The van der Waals surface area contributed by atoms with Crippen molar-refractivity contribution in [1.82, 2.24) is 20.3 Å². The lowest BCUT2D eigenvalue weighted by atomic mass is 10.1. The maximum atomic E-state index is 12.9. The molecule has 0 aliphatic rings. The minimum Gasteiger partial charge on any atom is -0.493 e. The summed E-state index contributed by atoms with van der Waals surface area (Å²) in [5.74, 6) is 1.56. The molecule has 0 aliphatic carbocycles. The third kappa shape index (κ3) is 4.97. The number of aromatic amines is 1. The number of rotatable bonds is 9. The molecule has 2 aromatic heterocycles. The number of thiazole rings is 1. The summed E-state index contributed by atoms with van der Waals surface area (Å²) in [5, 5.41) is 4.98. The summed E-state index contributed by atoms with van der Waals surface area (Å²) in [6.45, 7) is 2.34. The van der Waals surface area contributed by atoms with E-state index in [4.69, 9.17) is 9.47 Å². The van der Waals surface area contributed by atoms with Gasteiger partial charge in [-0.25, -0.2) is 9.97 Å². The molecule has 0 saturated heterocycles. The molecule has 1 unspecified atom stereocenters. The first-order valence-electron chi connectivity index (χ1n) is 10.3. The Morgan fingerprint density at radius 1 is 1.16 bits per heavy atom. The highest BCUT2D eigenvalue weighted by atomic mass is 32.1. The number of nitrogens with zero attached hydrogens (tertiary/aromatic N) is 2. The largest absolute Gasteiger partial charge is 0.493 e. The maximum absolute atomic E-state index is 12.9. The first-order valence-corrected chi connectivity index (χ1v) is 11.2. The quantitative estimate of drug-likeness (QED) is 0.376. The van der Waals surface area contributed by atoms with Crippen LogP contribution in [0.1, 0.15) is 41.3 Å². The summed E-state index contributed by atoms with van der Waals surface area (Å²) in [4.78, 5) is 24.9. The molecule has 4 aromatic rings. The van der Waals surface area contributed by atoms with Crippen LogP contribution in [0.15, 0.2) is 65.6 Å². The zero-order valence-electron chi connectivity index (χ0n) is 17.9. The van der Waals surface area contributed by atoms with Gasteiger partial charge in [-0.15, -0.1) is 11.3 Å². The Bertz CT molecular complexity index is 1160. The van der Waals surface area contributed by atoms with Crippen molar-refractivity contribution in [2.45, 2.75) is 26.0 Å². The number of carbonyl (C=O) groups excluding carboxylic acids is 1. The van der Waals surface area contributed by atoms with Gasteiger partial charge in [0.1, 0.15) is 12.4 Å². The smallest absolute Gasteiger partial charge is 0.252 e. The third-order valence-electron chi connectivity index (χ3n) is 5.01. The lowest BCUT2D eigenvalue weighted by Crippen LogP contribution is -2.28. The number of ether oxygens (including phenoxy) is 2. The summed E-state index contributed by atoms with van der Waals surface area (Å²) < 4.78 is 11.2. The topological polar surface area (TPSA) is 89.1 Å². The molecule has 2 aromatic carbocycles. The van der Waals surface area contributed by atoms with Crippen LogP contribution >= 0.6 is 11.3 Å². The number of carbonyl (C=O) groups is 1. The zero-order chi connectivity index (χ0) is 22.3. The highest BCUT2D eigenvalue weighted by Crippen LogP contribution is 2.29. The Hall–Kier alpha value is -3.65. The standard InChI is InChI=1S/C24H24N4O3S/c1-3-19(23-25-12-20(27-23)16-7-5-4-6-8-16)28-24(29)17-9-10-21(22(11-17)30-2)31-13-18-14-32-15-26-18/h4-12,14-15,19H,3,13H2,1-2H3,(H,25,27)(H,28,29). The minimum atomic E-state index is -0.244. The van der Waals surface area contributed by atoms with E-state index in [0.29, 0.717) is 30.1 Å². The van der Waals surface area contributed by atoms with Crippen LogP contribution in [-0.4, -0.2) is 28.0 Å². The molecule has 8 heteroatoms. The van der Waals surface area contributed by atoms with Gasteiger partial charge in [0.05, 0.1) is 36.2 Å². The van der Waals surface area contributed by atoms with E-state index in [0.717, 1.165) is 22.8 Å². The van der Waals surface area contributed by atoms with Gasteiger partial charge in [-0.2, -0.15) is 0 Å². The molecule has 2 N–H and O–H groups in total. The van der Waals surface area contributed by atoms with Crippen LogP contribution in [0.25, 0.3) is 11.3 Å². The number of benzene rings is 2. The van der Waals surface area contributed by atoms with Crippen LogP contribution in [0.4, 0.5) is 0 Å². The molecule has 0 bridgehead atoms. The Kier molecular flexibility index (Phi) is 6.81. The second-order valence-corrected chi connectivity index (χ2v) is 7.84. The molecule has 0 aliphatic heterocycles. The van der Waals surface area contributed by atoms with E-state index in [1.165, 1.54) is 11.3 Å². The molecular formula is C24H24N4O3S. The summed E-state index contributed by atoms with van der Waals surface area (Å²) >= 11 is 1.51. The van der Waals surface area contributed by atoms with Gasteiger partial charge in [0.15, 0.2) is 11.5 Å². The molecule has 2 heterocycles. The van der Waals surface area contributed by atoms with Gasteiger partial charge < -0.3 is 19.8 Å². The van der Waals surface area contributed by atoms with Gasteiger partial charge in [0, 0.05) is 10.9 Å². The molecule has 0 radical (unpaired) electrons. The third-order valence-corrected chi connectivity index (χ3v) is 5.64. The van der Waals surface area contributed by atoms with Crippen molar-refractivity contribution < 1.29 is 14.3 Å². The Morgan fingerprint density at radius 2 is 2.00 bits per heavy atom. The van der Waals surface area contributed by atoms with Crippen LogP contribution in [-0.2, 0) is 6.61 Å². The van der Waals surface area contributed by atoms with Crippen molar-refractivity contribution in [2.24, 2.45) is 0 Å². The van der Waals surface area contributed by atoms with E-state index in [1.807, 2.05) is 42.6 Å². The van der Waals surface area contributed by atoms with E-state index < -0.39 is 0 Å². The number of nitrogens with one attached hydrogen (secondary N) is 2. The fourth-order valence-electron chi connectivity index (χ4n) is 3.27. The van der Waals surface area contributed by atoms with E-state index in [-0.39, 0.29) is 11.9 Å². The van der Waals surface area contributed by atoms with Crippen LogP contribution in [0, 0.1) is 0 Å². The molecule has 1 atom stereocenters. The van der Waals surface area contributed by atoms with E-state index >= 15 is 0 Å². The summed E-state index contributed by atoms with van der Waals surface area (Å²) in [6, 6.07) is 14.9. The average Bonchev–Trinajstić information content (AvgIpc) is 3.54. The molecule has 1 amide bonds. The lowest BCUT2D eigenvalue weighted by Gasteiger charge is -2.16. The minimum absolute atomic E-state index is 0.209. The summed E-state index contributed by atoms with van der Waals surface area (Å²) in [6.07, 6.45) is 2.48. The van der Waals surface area contributed by atoms with Crippen molar-refractivity contribution in [3.63, 3.8) is 0 Å². The van der Waals surface area contributed by atoms with Gasteiger partial charge in [-0.3, -0.25) is 4.79 Å². The first-order chi connectivity index (χ1) is 15.7. The van der Waals surface area contributed by atoms with Gasteiger partial charge >= 0.3 is 0 Å². The van der Waals surface area contributed by atoms with Crippen molar-refractivity contribution in [2.75, 3.05) is 7.11 Å². The fraction of sp³-hybridized carbons (Fsp3) is 0.208. The van der Waals surface area contributed by atoms with Crippen LogP contribution in [0.2, 0.25) is 0 Å². The highest BCUT2D eigenvalue weighted by Gasteiger charge is 2.19. The maximum Gasteiger partial charge on any atom is 0.252 e. The number of aromatic nitrogens is 3. The summed E-state index contributed by atoms with van der Waals surface area (Å²) in [7, 11) is 1.55. The summed E-state index contributed by atoms with van der Waals surface area (Å²) in [5.41, 5.74) is 5.05. The Labute approximate surface area is 190 Å². The van der Waals surface area contributed by atoms with Crippen LogP contribution in [0.5, 0.6) is 11.5 Å². The number of imidazole rings is 1. The molecule has 0 spiro atoms. The van der Waals surface area contributed by atoms with Crippen LogP contribution < -0.4 is 14.8 Å². The number of amides is 1. The van der Waals surface area contributed by atoms with Gasteiger partial charge in [0.2, 0.25) is 0 Å². The molecule has 4 rings (SSSR count). The van der Waals surface area contributed by atoms with Gasteiger partial charge in [0.25, 0.3) is 5.91 Å². The van der Waals surface area contributed by atoms with Crippen molar-refractivity contribution >= 4 is 17.2 Å². The van der Waals surface area contributed by atoms with Gasteiger partial charge in [-0.1, -0.05) is 37.3 Å². The normalized spacial score (nSPS) is 11.7. The number of hydrogen-bond donors (Lipinski definition) is 2. The predicted octanol–water partition coefficient (Wildman–Crippen LogP) is 5.00. The average molecular weight is 449 g/mol. The second kappa shape index (κ2) is 10.1. The molecule has 0 fully saturated rings. The lowest BCUT2D eigenvalue weighted by molar-refractivity contribution is 0.0933. The second-order valence-electron chi connectivity index (χ2n) is 7.12. The molecule has 7 nitrogen and oxygen atoms in total. The number of methoxy groups -OCH3 is 1. The molecular weight excluding hydrogens is 424 g/mol. The van der Waals surface area contributed by atoms with E-state index in [2.05, 4.69) is 20.3 Å². The Balaban J connectivity index is 1.45. The molecule has 0 saturated carbocycles. The highest BCUT2D eigenvalue weighted by molar-refractivity contribution is 7.07. The van der Waals surface area contributed by atoms with Crippen LogP contribution in [0.3, 0.4) is 0 Å². The fourth-order valence-corrected chi connectivity index (χ4v) is 3.82. The number of hydrogen-bond acceptors (Lipinski definition) is 6. The molecule has 164 valence electrons. The molecule has 32 heavy (non-hydrogen) atoms. The monoisotopic (exact) mass is 448 g/mol. The van der Waals surface area contributed by atoms with E-state index in [1.54, 1.807) is 37.0 Å². The predicted molar refractivity (Wildman–Crippen MR) is 124 cm³/mol. The van der Waals surface area contributed by atoms with Crippen molar-refractivity contribution in [3.05, 3.63) is 82.7 Å². The Morgan fingerprint density at radius 3 is 2.72 bits per heavy atom. The SMILES string of the molecule is CCC(NC(=O)c1ccc(OCc2cscn2)c(OC)c1)c1ncc(-c2ccccc2)[nH]1. The van der Waals surface area contributed by atoms with Crippen molar-refractivity contribution in [3.8, 4) is 22.8 Å². The first kappa shape index (κ1) is 21.6. The zero-order valence-corrected chi connectivity index (χ0v) is 18.7. The van der Waals surface area contributed by atoms with Gasteiger partial charge in [-0.05, 0) is 30.2 Å².